The third kappa shape index (κ3) is 9.68. The fourth-order valence-corrected chi connectivity index (χ4v) is 2.86. The molecule has 0 N–H and O–H groups in total. The highest BCUT2D eigenvalue weighted by Crippen LogP contribution is 2.18. The summed E-state index contributed by atoms with van der Waals surface area (Å²) < 4.78 is 22.3. The van der Waals surface area contributed by atoms with Crippen LogP contribution in [0, 0.1) is 23.7 Å². The maximum Gasteiger partial charge on any atom is 0.148 e. The number of ether oxygens (including phenoxy) is 4. The molecule has 0 atom stereocenters. The lowest BCUT2D eigenvalue weighted by Gasteiger charge is -2.19. The highest BCUT2D eigenvalue weighted by Gasteiger charge is 2.17. The summed E-state index contributed by atoms with van der Waals surface area (Å²) in [5.74, 6) is 12.5. The quantitative estimate of drug-likeness (QED) is 0.370. The van der Waals surface area contributed by atoms with E-state index in [9.17, 15) is 0 Å². The molecule has 0 aliphatic carbocycles. The molecule has 0 spiro atoms. The van der Waals surface area contributed by atoms with Gasteiger partial charge in [-0.05, 0) is 71.6 Å². The van der Waals surface area contributed by atoms with Gasteiger partial charge in [-0.2, -0.15) is 0 Å². The van der Waals surface area contributed by atoms with Crippen molar-refractivity contribution in [2.75, 3.05) is 39.6 Å². The molecule has 0 fully saturated rings. The van der Waals surface area contributed by atoms with Gasteiger partial charge in [0.25, 0.3) is 0 Å². The minimum absolute atomic E-state index is 0.453. The molecule has 178 valence electrons. The lowest BCUT2D eigenvalue weighted by atomic mass is 10.1. The zero-order valence-corrected chi connectivity index (χ0v) is 21.1. The third-order valence-corrected chi connectivity index (χ3v) is 4.61. The van der Waals surface area contributed by atoms with Crippen LogP contribution < -0.4 is 0 Å². The van der Waals surface area contributed by atoms with E-state index in [1.165, 1.54) is 0 Å². The number of fused-ring (bicyclic) bond motifs is 1. The second kappa shape index (κ2) is 12.9. The van der Waals surface area contributed by atoms with Crippen molar-refractivity contribution in [1.29, 1.82) is 0 Å². The molecule has 1 heterocycles. The van der Waals surface area contributed by atoms with Crippen LogP contribution in [0.4, 0.5) is 0 Å². The van der Waals surface area contributed by atoms with Gasteiger partial charge in [-0.3, -0.25) is 0 Å². The molecule has 0 radical (unpaired) electrons. The van der Waals surface area contributed by atoms with E-state index in [0.717, 1.165) is 0 Å². The fourth-order valence-electron chi connectivity index (χ4n) is 2.69. The first-order valence-corrected chi connectivity index (χ1v) is 11.5. The summed E-state index contributed by atoms with van der Waals surface area (Å²) in [4.78, 5) is 9.35. The van der Waals surface area contributed by atoms with Crippen LogP contribution in [0.3, 0.4) is 0 Å². The highest BCUT2D eigenvalue weighted by molar-refractivity contribution is 6.31. The van der Waals surface area contributed by atoms with E-state index in [1.54, 1.807) is 12.1 Å². The Morgan fingerprint density at radius 1 is 0.758 bits per heavy atom. The Labute approximate surface area is 202 Å². The second-order valence-electron chi connectivity index (χ2n) is 8.17. The minimum atomic E-state index is -0.686. The van der Waals surface area contributed by atoms with Crippen LogP contribution in [-0.2, 0) is 18.9 Å². The van der Waals surface area contributed by atoms with Gasteiger partial charge in [0, 0.05) is 18.2 Å². The Balaban J connectivity index is 2.34. The van der Waals surface area contributed by atoms with Crippen LogP contribution in [0.1, 0.15) is 52.9 Å². The van der Waals surface area contributed by atoms with Crippen molar-refractivity contribution < 1.29 is 18.9 Å². The van der Waals surface area contributed by atoms with Crippen molar-refractivity contribution in [3.63, 3.8) is 0 Å². The van der Waals surface area contributed by atoms with Gasteiger partial charge in [0.15, 0.2) is 0 Å². The smallest absolute Gasteiger partial charge is 0.148 e. The summed E-state index contributed by atoms with van der Waals surface area (Å²) in [6.45, 7) is 14.8. The maximum absolute atomic E-state index is 6.14. The molecule has 0 aliphatic heterocycles. The third-order valence-electron chi connectivity index (χ3n) is 4.38. The Kier molecular flexibility index (Phi) is 10.6. The second-order valence-corrected chi connectivity index (χ2v) is 8.60. The van der Waals surface area contributed by atoms with Gasteiger partial charge in [0.2, 0.25) is 0 Å². The number of nitrogens with zero attached hydrogens (tertiary/aromatic N) is 2. The molecule has 0 aliphatic rings. The molecule has 1 aromatic carbocycles. The standard InChI is InChI=1S/C26H33ClN2O4/c1-7-30-15-17-32-25(3,4)13-11-22-23(12-14-26(5,6)33-18-16-31-8-2)29-24-19-20(27)9-10-21(24)28-22/h9-10,19H,7-8,15-18H2,1-6H3. The van der Waals surface area contributed by atoms with Crippen LogP contribution in [0.5, 0.6) is 0 Å². The molecule has 6 nitrogen and oxygen atoms in total. The first-order chi connectivity index (χ1) is 15.7. The molecule has 0 bridgehead atoms. The predicted molar refractivity (Wildman–Crippen MR) is 131 cm³/mol. The van der Waals surface area contributed by atoms with Gasteiger partial charge in [-0.1, -0.05) is 23.4 Å². The van der Waals surface area contributed by atoms with Gasteiger partial charge < -0.3 is 18.9 Å². The van der Waals surface area contributed by atoms with Crippen molar-refractivity contribution in [3.05, 3.63) is 34.6 Å². The van der Waals surface area contributed by atoms with E-state index < -0.39 is 11.2 Å². The summed E-state index contributed by atoms with van der Waals surface area (Å²) in [6.07, 6.45) is 0. The maximum atomic E-state index is 6.14. The first-order valence-electron chi connectivity index (χ1n) is 11.1. The van der Waals surface area contributed by atoms with Gasteiger partial charge in [0.1, 0.15) is 22.6 Å². The summed E-state index contributed by atoms with van der Waals surface area (Å²) in [7, 11) is 0. The van der Waals surface area contributed by atoms with Crippen molar-refractivity contribution in [3.8, 4) is 23.7 Å². The summed E-state index contributed by atoms with van der Waals surface area (Å²) in [6, 6.07) is 5.35. The monoisotopic (exact) mass is 472 g/mol. The highest BCUT2D eigenvalue weighted by atomic mass is 35.5. The SMILES string of the molecule is CCOCCOC(C)(C)C#Cc1nc2ccc(Cl)cc2nc1C#CC(C)(C)OCCOCC. The largest absolute Gasteiger partial charge is 0.379 e. The van der Waals surface area contributed by atoms with Crippen LogP contribution in [0.2, 0.25) is 5.02 Å². The molecular weight excluding hydrogens is 440 g/mol. The van der Waals surface area contributed by atoms with Gasteiger partial charge in [-0.15, -0.1) is 0 Å². The molecule has 33 heavy (non-hydrogen) atoms. The molecule has 0 unspecified atom stereocenters. The lowest BCUT2D eigenvalue weighted by Crippen LogP contribution is -2.24. The molecule has 0 saturated carbocycles. The summed E-state index contributed by atoms with van der Waals surface area (Å²) in [5.41, 5.74) is 0.915. The van der Waals surface area contributed by atoms with E-state index in [4.69, 9.17) is 30.5 Å². The minimum Gasteiger partial charge on any atom is -0.379 e. The lowest BCUT2D eigenvalue weighted by molar-refractivity contribution is -0.0113. The van der Waals surface area contributed by atoms with Crippen molar-refractivity contribution in [1.82, 2.24) is 9.97 Å². The average Bonchev–Trinajstić information content (AvgIpc) is 2.77. The molecule has 1 aromatic heterocycles. The number of hydrogen-bond donors (Lipinski definition) is 0. The fraction of sp³-hybridized carbons (Fsp3) is 0.538. The Bertz CT molecular complexity index is 1050. The molecule has 2 aromatic rings. The van der Waals surface area contributed by atoms with Crippen LogP contribution >= 0.6 is 11.6 Å². The number of aromatic nitrogens is 2. The van der Waals surface area contributed by atoms with E-state index in [0.29, 0.717) is 67.1 Å². The Morgan fingerprint density at radius 3 is 1.73 bits per heavy atom. The van der Waals surface area contributed by atoms with Crippen molar-refractivity contribution in [2.45, 2.75) is 52.7 Å². The molecule has 2 rings (SSSR count). The van der Waals surface area contributed by atoms with E-state index >= 15 is 0 Å². The Morgan fingerprint density at radius 2 is 1.24 bits per heavy atom. The van der Waals surface area contributed by atoms with Crippen molar-refractivity contribution in [2.24, 2.45) is 0 Å². The summed E-state index contributed by atoms with van der Waals surface area (Å²) >= 11 is 6.14. The van der Waals surface area contributed by atoms with Crippen LogP contribution in [0.25, 0.3) is 11.0 Å². The zero-order chi connectivity index (χ0) is 24.3. The van der Waals surface area contributed by atoms with E-state index in [1.807, 2.05) is 47.6 Å². The molecule has 7 heteroatoms. The first kappa shape index (κ1) is 27.1. The Hall–Kier alpha value is -2.19. The van der Waals surface area contributed by atoms with E-state index in [-0.39, 0.29) is 0 Å². The van der Waals surface area contributed by atoms with Gasteiger partial charge in [0.05, 0.1) is 37.5 Å². The number of benzene rings is 1. The van der Waals surface area contributed by atoms with Crippen molar-refractivity contribution >= 4 is 22.6 Å². The van der Waals surface area contributed by atoms with Gasteiger partial charge in [-0.25, -0.2) is 9.97 Å². The summed E-state index contributed by atoms with van der Waals surface area (Å²) in [5, 5.41) is 0.581. The zero-order valence-electron chi connectivity index (χ0n) is 20.4. The normalized spacial score (nSPS) is 11.6. The topological polar surface area (TPSA) is 62.7 Å². The van der Waals surface area contributed by atoms with Crippen LogP contribution in [0.15, 0.2) is 18.2 Å². The number of halogens is 1. The van der Waals surface area contributed by atoms with Gasteiger partial charge >= 0.3 is 0 Å². The van der Waals surface area contributed by atoms with E-state index in [2.05, 4.69) is 33.6 Å². The van der Waals surface area contributed by atoms with Crippen LogP contribution in [-0.4, -0.2) is 60.8 Å². The molecular formula is C26H33ClN2O4. The molecule has 0 amide bonds. The number of hydrogen-bond acceptors (Lipinski definition) is 6. The average molecular weight is 473 g/mol. The number of rotatable bonds is 10. The molecule has 0 saturated heterocycles. The predicted octanol–water partition coefficient (Wildman–Crippen LogP) is 4.65.